The largest absolute Gasteiger partial charge is 0.488 e. The SMILES string of the molecule is CN=C(NCCCOC1CCCCC1)NCc1ccc(C)cc1OC1CCOC1. The second kappa shape index (κ2) is 12.0. The number of hydrogen-bond donors (Lipinski definition) is 2. The van der Waals surface area contributed by atoms with Crippen LogP contribution in [0.5, 0.6) is 5.75 Å². The average molecular weight is 404 g/mol. The highest BCUT2D eigenvalue weighted by Crippen LogP contribution is 2.24. The van der Waals surface area contributed by atoms with Gasteiger partial charge in [0.25, 0.3) is 0 Å². The molecule has 2 N–H and O–H groups in total. The Bertz CT molecular complexity index is 638. The summed E-state index contributed by atoms with van der Waals surface area (Å²) in [6.45, 7) is 5.88. The standard InChI is InChI=1S/C23H37N3O3/c1-18-9-10-19(22(15-18)29-21-11-14-27-17-21)16-26-23(24-2)25-12-6-13-28-20-7-4-3-5-8-20/h9-10,15,20-21H,3-8,11-14,16-17H2,1-2H3,(H2,24,25,26). The molecule has 6 heteroatoms. The van der Waals surface area contributed by atoms with E-state index >= 15 is 0 Å². The minimum absolute atomic E-state index is 0.150. The monoisotopic (exact) mass is 403 g/mol. The van der Waals surface area contributed by atoms with Crippen LogP contribution in [-0.4, -0.2) is 51.6 Å². The molecule has 1 aromatic carbocycles. The molecule has 162 valence electrons. The number of nitrogens with zero attached hydrogens (tertiary/aromatic N) is 1. The van der Waals surface area contributed by atoms with Crippen LogP contribution in [0.25, 0.3) is 0 Å². The Morgan fingerprint density at radius 2 is 2.00 bits per heavy atom. The maximum Gasteiger partial charge on any atom is 0.191 e. The first kappa shape index (κ1) is 21.9. The third kappa shape index (κ3) is 7.52. The molecule has 1 aliphatic heterocycles. The van der Waals surface area contributed by atoms with E-state index in [0.717, 1.165) is 49.9 Å². The smallest absolute Gasteiger partial charge is 0.191 e. The van der Waals surface area contributed by atoms with Crippen LogP contribution in [0.2, 0.25) is 0 Å². The molecule has 2 aliphatic rings. The molecule has 1 saturated heterocycles. The first-order valence-electron chi connectivity index (χ1n) is 11.1. The zero-order chi connectivity index (χ0) is 20.3. The second-order valence-corrected chi connectivity index (χ2v) is 8.05. The van der Waals surface area contributed by atoms with Gasteiger partial charge < -0.3 is 24.8 Å². The number of rotatable bonds is 9. The van der Waals surface area contributed by atoms with Gasteiger partial charge in [-0.05, 0) is 37.8 Å². The van der Waals surface area contributed by atoms with Gasteiger partial charge in [-0.15, -0.1) is 0 Å². The van der Waals surface area contributed by atoms with Crippen LogP contribution in [0.1, 0.15) is 56.1 Å². The molecule has 0 radical (unpaired) electrons. The number of guanidine groups is 1. The van der Waals surface area contributed by atoms with Crippen LogP contribution >= 0.6 is 0 Å². The van der Waals surface area contributed by atoms with E-state index in [4.69, 9.17) is 14.2 Å². The van der Waals surface area contributed by atoms with Crippen molar-refractivity contribution >= 4 is 5.96 Å². The van der Waals surface area contributed by atoms with Crippen molar-refractivity contribution in [3.8, 4) is 5.75 Å². The van der Waals surface area contributed by atoms with E-state index in [-0.39, 0.29) is 6.10 Å². The summed E-state index contributed by atoms with van der Waals surface area (Å²) in [5, 5.41) is 6.78. The number of ether oxygens (including phenoxy) is 3. The zero-order valence-electron chi connectivity index (χ0n) is 18.0. The van der Waals surface area contributed by atoms with Gasteiger partial charge in [-0.2, -0.15) is 0 Å². The molecule has 1 unspecified atom stereocenters. The Morgan fingerprint density at radius 3 is 2.76 bits per heavy atom. The van der Waals surface area contributed by atoms with E-state index in [2.05, 4.69) is 40.7 Å². The summed E-state index contributed by atoms with van der Waals surface area (Å²) in [7, 11) is 1.80. The van der Waals surface area contributed by atoms with Crippen LogP contribution < -0.4 is 15.4 Å². The van der Waals surface area contributed by atoms with Gasteiger partial charge >= 0.3 is 0 Å². The third-order valence-corrected chi connectivity index (χ3v) is 5.59. The van der Waals surface area contributed by atoms with Crippen LogP contribution in [0.15, 0.2) is 23.2 Å². The van der Waals surface area contributed by atoms with Crippen LogP contribution in [0.3, 0.4) is 0 Å². The van der Waals surface area contributed by atoms with Gasteiger partial charge in [0.15, 0.2) is 5.96 Å². The second-order valence-electron chi connectivity index (χ2n) is 8.05. The maximum absolute atomic E-state index is 6.18. The predicted octanol–water partition coefficient (Wildman–Crippen LogP) is 3.57. The molecule has 0 bridgehead atoms. The Balaban J connectivity index is 1.39. The summed E-state index contributed by atoms with van der Waals surface area (Å²) < 4.78 is 17.6. The predicted molar refractivity (Wildman–Crippen MR) is 117 cm³/mol. The molecule has 0 amide bonds. The van der Waals surface area contributed by atoms with Crippen LogP contribution in [0, 0.1) is 6.92 Å². The van der Waals surface area contributed by atoms with Crippen molar-refractivity contribution < 1.29 is 14.2 Å². The first-order valence-corrected chi connectivity index (χ1v) is 11.1. The fourth-order valence-corrected chi connectivity index (χ4v) is 3.86. The van der Waals surface area contributed by atoms with Crippen molar-refractivity contribution in [2.45, 2.75) is 70.6 Å². The lowest BCUT2D eigenvalue weighted by molar-refractivity contribution is 0.0277. The van der Waals surface area contributed by atoms with E-state index in [9.17, 15) is 0 Å². The Morgan fingerprint density at radius 1 is 1.14 bits per heavy atom. The minimum Gasteiger partial charge on any atom is -0.488 e. The van der Waals surface area contributed by atoms with E-state index in [1.54, 1.807) is 7.05 Å². The lowest BCUT2D eigenvalue weighted by atomic mass is 9.98. The highest BCUT2D eigenvalue weighted by Gasteiger charge is 2.19. The van der Waals surface area contributed by atoms with E-state index in [1.807, 2.05) is 0 Å². The van der Waals surface area contributed by atoms with Crippen molar-refractivity contribution in [1.29, 1.82) is 0 Å². The highest BCUT2D eigenvalue weighted by molar-refractivity contribution is 5.79. The van der Waals surface area contributed by atoms with Crippen LogP contribution in [0.4, 0.5) is 0 Å². The minimum atomic E-state index is 0.150. The molecular formula is C23H37N3O3. The molecule has 0 aromatic heterocycles. The van der Waals surface area contributed by atoms with E-state index in [1.165, 1.54) is 37.7 Å². The van der Waals surface area contributed by atoms with Gasteiger partial charge in [0.05, 0.1) is 19.3 Å². The highest BCUT2D eigenvalue weighted by atomic mass is 16.5. The number of nitrogens with one attached hydrogen (secondary N) is 2. The fourth-order valence-electron chi connectivity index (χ4n) is 3.86. The Kier molecular flexibility index (Phi) is 9.09. The summed E-state index contributed by atoms with van der Waals surface area (Å²) in [6.07, 6.45) is 9.02. The molecular weight excluding hydrogens is 366 g/mol. The Labute approximate surface area is 175 Å². The van der Waals surface area contributed by atoms with Crippen LogP contribution in [-0.2, 0) is 16.0 Å². The van der Waals surface area contributed by atoms with Crippen molar-refractivity contribution in [2.24, 2.45) is 4.99 Å². The van der Waals surface area contributed by atoms with Gasteiger partial charge in [0.1, 0.15) is 11.9 Å². The summed E-state index contributed by atoms with van der Waals surface area (Å²) >= 11 is 0. The lowest BCUT2D eigenvalue weighted by Gasteiger charge is -2.22. The summed E-state index contributed by atoms with van der Waals surface area (Å²) in [4.78, 5) is 4.33. The number of aliphatic imine (C=N–C) groups is 1. The number of benzene rings is 1. The number of hydrogen-bond acceptors (Lipinski definition) is 4. The van der Waals surface area contributed by atoms with Crippen molar-refractivity contribution in [1.82, 2.24) is 10.6 Å². The molecule has 1 heterocycles. The van der Waals surface area contributed by atoms with Crippen molar-refractivity contribution in [3.63, 3.8) is 0 Å². The first-order chi connectivity index (χ1) is 14.2. The molecule has 3 rings (SSSR count). The summed E-state index contributed by atoms with van der Waals surface area (Å²) in [5.41, 5.74) is 2.33. The van der Waals surface area contributed by atoms with E-state index in [0.29, 0.717) is 19.3 Å². The van der Waals surface area contributed by atoms with E-state index < -0.39 is 0 Å². The maximum atomic E-state index is 6.18. The number of aryl methyl sites for hydroxylation is 1. The average Bonchev–Trinajstić information content (AvgIpc) is 3.25. The van der Waals surface area contributed by atoms with Crippen molar-refractivity contribution in [2.75, 3.05) is 33.4 Å². The summed E-state index contributed by atoms with van der Waals surface area (Å²) in [5.74, 6) is 1.74. The molecule has 1 saturated carbocycles. The van der Waals surface area contributed by atoms with Gasteiger partial charge in [0.2, 0.25) is 0 Å². The van der Waals surface area contributed by atoms with Gasteiger partial charge in [-0.25, -0.2) is 0 Å². The van der Waals surface area contributed by atoms with Crippen molar-refractivity contribution in [3.05, 3.63) is 29.3 Å². The zero-order valence-corrected chi connectivity index (χ0v) is 18.0. The molecule has 29 heavy (non-hydrogen) atoms. The molecule has 6 nitrogen and oxygen atoms in total. The quantitative estimate of drug-likeness (QED) is 0.375. The molecule has 2 fully saturated rings. The molecule has 1 aliphatic carbocycles. The molecule has 0 spiro atoms. The van der Waals surface area contributed by atoms with Gasteiger partial charge in [-0.3, -0.25) is 4.99 Å². The third-order valence-electron chi connectivity index (χ3n) is 5.59. The lowest BCUT2D eigenvalue weighted by Crippen LogP contribution is -2.37. The normalized spacial score (nSPS) is 20.6. The summed E-state index contributed by atoms with van der Waals surface area (Å²) in [6, 6.07) is 6.35. The fraction of sp³-hybridized carbons (Fsp3) is 0.696. The topological polar surface area (TPSA) is 64.1 Å². The van der Waals surface area contributed by atoms with Gasteiger partial charge in [0, 0.05) is 38.7 Å². The van der Waals surface area contributed by atoms with Gasteiger partial charge in [-0.1, -0.05) is 31.4 Å². The Hall–Kier alpha value is -1.79. The molecule has 1 atom stereocenters. The molecule has 1 aromatic rings.